The maximum absolute atomic E-state index is 11.7. The maximum Gasteiger partial charge on any atom is 0.324 e. The van der Waals surface area contributed by atoms with Crippen molar-refractivity contribution in [3.63, 3.8) is 0 Å². The van der Waals surface area contributed by atoms with Crippen LogP contribution >= 0.6 is 0 Å². The van der Waals surface area contributed by atoms with Gasteiger partial charge in [0.2, 0.25) is 0 Å². The fraction of sp³-hybridized carbons (Fsp3) is 0.467. The van der Waals surface area contributed by atoms with Crippen molar-refractivity contribution in [1.82, 2.24) is 0 Å². The van der Waals surface area contributed by atoms with E-state index in [4.69, 9.17) is 0 Å². The molecule has 0 saturated carbocycles. The molecule has 0 radical (unpaired) electrons. The summed E-state index contributed by atoms with van der Waals surface area (Å²) in [7, 11) is 0. The molecule has 0 aromatic heterocycles. The van der Waals surface area contributed by atoms with Crippen molar-refractivity contribution in [3.8, 4) is 0 Å². The second-order valence-electron chi connectivity index (χ2n) is 6.10. The molecule has 0 amide bonds. The van der Waals surface area contributed by atoms with E-state index in [9.17, 15) is 9.59 Å². The first kappa shape index (κ1) is 12.8. The molecular weight excluding hydrogens is 228 g/mol. The normalized spacial score (nSPS) is 24.2. The molecule has 1 saturated heterocycles. The van der Waals surface area contributed by atoms with Crippen LogP contribution in [-0.4, -0.2) is 11.9 Å². The van der Waals surface area contributed by atoms with Gasteiger partial charge in [0, 0.05) is 0 Å². The van der Waals surface area contributed by atoms with Crippen LogP contribution in [0.25, 0.3) is 0 Å². The smallest absolute Gasteiger partial charge is 0.324 e. The highest BCUT2D eigenvalue weighted by Gasteiger charge is 2.46. The van der Waals surface area contributed by atoms with Crippen LogP contribution in [0.3, 0.4) is 0 Å². The molecule has 3 nitrogen and oxygen atoms in total. The largest absolute Gasteiger partial charge is 0.392 e. The van der Waals surface area contributed by atoms with Crippen molar-refractivity contribution in [2.75, 3.05) is 0 Å². The third kappa shape index (κ3) is 2.05. The number of rotatable bonds is 1. The van der Waals surface area contributed by atoms with Gasteiger partial charge in [0.1, 0.15) is 5.41 Å². The SMILES string of the molecule is CC(C)(C)c1ccc(C2(C)CC(=O)OC2=O)cc1. The average molecular weight is 246 g/mol. The molecule has 0 aliphatic carbocycles. The van der Waals surface area contributed by atoms with Gasteiger partial charge < -0.3 is 4.74 Å². The lowest BCUT2D eigenvalue weighted by Crippen LogP contribution is -2.27. The molecule has 0 N–H and O–H groups in total. The van der Waals surface area contributed by atoms with Gasteiger partial charge in [0.25, 0.3) is 0 Å². The van der Waals surface area contributed by atoms with E-state index in [1.54, 1.807) is 6.92 Å². The number of hydrogen-bond acceptors (Lipinski definition) is 3. The van der Waals surface area contributed by atoms with E-state index < -0.39 is 17.4 Å². The topological polar surface area (TPSA) is 43.4 Å². The van der Waals surface area contributed by atoms with E-state index in [2.05, 4.69) is 25.5 Å². The second kappa shape index (κ2) is 3.94. The lowest BCUT2D eigenvalue weighted by Gasteiger charge is -2.22. The van der Waals surface area contributed by atoms with E-state index in [-0.39, 0.29) is 11.8 Å². The summed E-state index contributed by atoms with van der Waals surface area (Å²) in [6, 6.07) is 7.86. The zero-order chi connectivity index (χ0) is 13.6. The summed E-state index contributed by atoms with van der Waals surface area (Å²) in [4.78, 5) is 23.0. The lowest BCUT2D eigenvalue weighted by atomic mass is 9.79. The van der Waals surface area contributed by atoms with Crippen molar-refractivity contribution in [1.29, 1.82) is 0 Å². The van der Waals surface area contributed by atoms with Gasteiger partial charge >= 0.3 is 11.9 Å². The zero-order valence-corrected chi connectivity index (χ0v) is 11.2. The molecule has 2 rings (SSSR count). The quantitative estimate of drug-likeness (QED) is 0.565. The minimum absolute atomic E-state index is 0.0748. The molecule has 1 aromatic carbocycles. The Morgan fingerprint density at radius 3 is 2.06 bits per heavy atom. The Morgan fingerprint density at radius 1 is 1.11 bits per heavy atom. The Balaban J connectivity index is 2.36. The van der Waals surface area contributed by atoms with Crippen LogP contribution in [-0.2, 0) is 25.2 Å². The molecule has 1 fully saturated rings. The molecule has 1 aliphatic heterocycles. The van der Waals surface area contributed by atoms with Crippen molar-refractivity contribution in [2.45, 2.75) is 44.9 Å². The number of benzene rings is 1. The number of carbonyl (C=O) groups excluding carboxylic acids is 2. The van der Waals surface area contributed by atoms with Gasteiger partial charge in [0.15, 0.2) is 0 Å². The van der Waals surface area contributed by atoms with Crippen LogP contribution in [0, 0.1) is 0 Å². The van der Waals surface area contributed by atoms with Crippen LogP contribution < -0.4 is 0 Å². The number of hydrogen-bond donors (Lipinski definition) is 0. The molecule has 96 valence electrons. The fourth-order valence-electron chi connectivity index (χ4n) is 2.17. The van der Waals surface area contributed by atoms with E-state index in [1.165, 1.54) is 5.56 Å². The van der Waals surface area contributed by atoms with E-state index in [1.807, 2.05) is 24.3 Å². The van der Waals surface area contributed by atoms with E-state index >= 15 is 0 Å². The molecule has 1 unspecified atom stereocenters. The molecule has 1 atom stereocenters. The maximum atomic E-state index is 11.7. The van der Waals surface area contributed by atoms with Gasteiger partial charge in [-0.25, -0.2) is 0 Å². The Morgan fingerprint density at radius 2 is 1.67 bits per heavy atom. The minimum atomic E-state index is -0.826. The summed E-state index contributed by atoms with van der Waals surface area (Å²) in [5, 5.41) is 0. The molecule has 1 heterocycles. The standard InChI is InChI=1S/C15H18O3/c1-14(2,3)10-5-7-11(8-6-10)15(4)9-12(16)18-13(15)17/h5-8H,9H2,1-4H3. The van der Waals surface area contributed by atoms with E-state index in [0.29, 0.717) is 0 Å². The van der Waals surface area contributed by atoms with Gasteiger partial charge in [-0.3, -0.25) is 9.59 Å². The van der Waals surface area contributed by atoms with Crippen molar-refractivity contribution in [2.24, 2.45) is 0 Å². The first-order chi connectivity index (χ1) is 8.23. The highest BCUT2D eigenvalue weighted by Crippen LogP contribution is 2.35. The highest BCUT2D eigenvalue weighted by atomic mass is 16.6. The molecule has 1 aliphatic rings. The molecule has 0 bridgehead atoms. The highest BCUT2D eigenvalue weighted by molar-refractivity contribution is 6.00. The second-order valence-corrected chi connectivity index (χ2v) is 6.10. The Kier molecular flexibility index (Phi) is 2.80. The summed E-state index contributed by atoms with van der Waals surface area (Å²) < 4.78 is 4.65. The number of ether oxygens (including phenoxy) is 1. The summed E-state index contributed by atoms with van der Waals surface area (Å²) in [5.74, 6) is -0.890. The van der Waals surface area contributed by atoms with Gasteiger partial charge in [-0.15, -0.1) is 0 Å². The average Bonchev–Trinajstić information content (AvgIpc) is 2.53. The van der Waals surface area contributed by atoms with Crippen LogP contribution in [0.1, 0.15) is 45.2 Å². The number of cyclic esters (lactones) is 2. The van der Waals surface area contributed by atoms with Crippen LogP contribution in [0.4, 0.5) is 0 Å². The summed E-state index contributed by atoms with van der Waals surface area (Å²) in [6.07, 6.45) is 0.126. The minimum Gasteiger partial charge on any atom is -0.392 e. The van der Waals surface area contributed by atoms with Crippen LogP contribution in [0.2, 0.25) is 0 Å². The first-order valence-corrected chi connectivity index (χ1v) is 6.09. The molecule has 1 aromatic rings. The number of carbonyl (C=O) groups is 2. The number of esters is 2. The van der Waals surface area contributed by atoms with Gasteiger partial charge in [-0.2, -0.15) is 0 Å². The Hall–Kier alpha value is -1.64. The van der Waals surface area contributed by atoms with Crippen LogP contribution in [0.5, 0.6) is 0 Å². The molecular formula is C15H18O3. The van der Waals surface area contributed by atoms with Gasteiger partial charge in [0.05, 0.1) is 6.42 Å². The predicted octanol–water partition coefficient (Wildman–Crippen LogP) is 2.72. The Bertz CT molecular complexity index is 493. The van der Waals surface area contributed by atoms with Crippen molar-refractivity contribution >= 4 is 11.9 Å². The van der Waals surface area contributed by atoms with Crippen molar-refractivity contribution < 1.29 is 14.3 Å². The summed E-state index contributed by atoms with van der Waals surface area (Å²) in [6.45, 7) is 8.16. The van der Waals surface area contributed by atoms with Crippen molar-refractivity contribution in [3.05, 3.63) is 35.4 Å². The first-order valence-electron chi connectivity index (χ1n) is 6.09. The van der Waals surface area contributed by atoms with Crippen LogP contribution in [0.15, 0.2) is 24.3 Å². The van der Waals surface area contributed by atoms with Gasteiger partial charge in [-0.05, 0) is 23.5 Å². The monoisotopic (exact) mass is 246 g/mol. The van der Waals surface area contributed by atoms with E-state index in [0.717, 1.165) is 5.56 Å². The summed E-state index contributed by atoms with van der Waals surface area (Å²) >= 11 is 0. The Labute approximate surface area is 107 Å². The third-order valence-electron chi connectivity index (χ3n) is 3.54. The third-order valence-corrected chi connectivity index (χ3v) is 3.54. The predicted molar refractivity (Wildman–Crippen MR) is 68.2 cm³/mol. The molecule has 18 heavy (non-hydrogen) atoms. The lowest BCUT2D eigenvalue weighted by molar-refractivity contribution is -0.153. The fourth-order valence-corrected chi connectivity index (χ4v) is 2.17. The summed E-state index contributed by atoms with van der Waals surface area (Å²) in [5.41, 5.74) is 1.29. The molecule has 3 heteroatoms. The van der Waals surface area contributed by atoms with Gasteiger partial charge in [-0.1, -0.05) is 45.0 Å². The zero-order valence-electron chi connectivity index (χ0n) is 11.2. The molecule has 0 spiro atoms.